The molecular formula is C15H16FNO2S. The number of benzene rings is 2. The second-order valence-electron chi connectivity index (χ2n) is 4.72. The highest BCUT2D eigenvalue weighted by Crippen LogP contribution is 2.21. The first kappa shape index (κ1) is 14.5. The van der Waals surface area contributed by atoms with Gasteiger partial charge in [0.2, 0.25) is 0 Å². The van der Waals surface area contributed by atoms with Crippen LogP contribution in [0.2, 0.25) is 0 Å². The van der Waals surface area contributed by atoms with E-state index >= 15 is 0 Å². The molecule has 5 heteroatoms. The lowest BCUT2D eigenvalue weighted by molar-refractivity contribution is 0.602. The summed E-state index contributed by atoms with van der Waals surface area (Å²) in [5.41, 5.74) is 1.62. The molecule has 0 saturated carbocycles. The zero-order chi connectivity index (χ0) is 14.8. The molecule has 1 N–H and O–H groups in total. The molecule has 106 valence electrons. The largest absolute Gasteiger partial charge is 0.379 e. The number of hydrogen-bond donors (Lipinski definition) is 1. The van der Waals surface area contributed by atoms with Gasteiger partial charge in [-0.15, -0.1) is 0 Å². The Labute approximate surface area is 118 Å². The van der Waals surface area contributed by atoms with Gasteiger partial charge in [-0.1, -0.05) is 12.1 Å². The number of hydrogen-bond acceptors (Lipinski definition) is 3. The number of nitrogens with one attached hydrogen (secondary N) is 1. The summed E-state index contributed by atoms with van der Waals surface area (Å²) in [4.78, 5) is 0.279. The maximum Gasteiger partial charge on any atom is 0.175 e. The predicted octanol–water partition coefficient (Wildman–Crippen LogP) is 3.40. The Balaban J connectivity index is 2.14. The summed E-state index contributed by atoms with van der Waals surface area (Å²) in [6, 6.07) is 12.8. The molecule has 0 fully saturated rings. The summed E-state index contributed by atoms with van der Waals surface area (Å²) in [6.07, 6.45) is 1.17. The molecule has 0 aliphatic heterocycles. The maximum absolute atomic E-state index is 13.2. The molecule has 2 aromatic rings. The third kappa shape index (κ3) is 3.57. The molecule has 0 aliphatic carbocycles. The van der Waals surface area contributed by atoms with Gasteiger partial charge >= 0.3 is 0 Å². The first-order chi connectivity index (χ1) is 9.36. The number of halogens is 1. The molecule has 1 unspecified atom stereocenters. The summed E-state index contributed by atoms with van der Waals surface area (Å²) in [6.45, 7) is 1.92. The fraction of sp³-hybridized carbons (Fsp3) is 0.200. The van der Waals surface area contributed by atoms with Gasteiger partial charge in [-0.05, 0) is 48.9 Å². The second kappa shape index (κ2) is 5.63. The van der Waals surface area contributed by atoms with E-state index < -0.39 is 9.84 Å². The summed E-state index contributed by atoms with van der Waals surface area (Å²) in [5, 5.41) is 3.20. The van der Waals surface area contributed by atoms with Crippen LogP contribution in [0, 0.1) is 5.82 Å². The first-order valence-corrected chi connectivity index (χ1v) is 8.07. The average molecular weight is 293 g/mol. The highest BCUT2D eigenvalue weighted by atomic mass is 32.2. The van der Waals surface area contributed by atoms with E-state index in [2.05, 4.69) is 5.32 Å². The molecule has 2 aromatic carbocycles. The zero-order valence-corrected chi connectivity index (χ0v) is 12.1. The van der Waals surface area contributed by atoms with Crippen molar-refractivity contribution in [3.63, 3.8) is 0 Å². The van der Waals surface area contributed by atoms with Gasteiger partial charge in [0.1, 0.15) is 5.82 Å². The zero-order valence-electron chi connectivity index (χ0n) is 11.3. The van der Waals surface area contributed by atoms with E-state index in [4.69, 9.17) is 0 Å². The predicted molar refractivity (Wildman–Crippen MR) is 78.0 cm³/mol. The third-order valence-electron chi connectivity index (χ3n) is 3.01. The molecule has 0 amide bonds. The molecule has 1 atom stereocenters. The average Bonchev–Trinajstić information content (AvgIpc) is 2.38. The van der Waals surface area contributed by atoms with Crippen LogP contribution in [0.5, 0.6) is 0 Å². The van der Waals surface area contributed by atoms with Crippen LogP contribution in [-0.2, 0) is 9.84 Å². The van der Waals surface area contributed by atoms with E-state index in [0.717, 1.165) is 11.3 Å². The van der Waals surface area contributed by atoms with Crippen LogP contribution in [-0.4, -0.2) is 14.7 Å². The SMILES string of the molecule is CC(Nc1ccc(S(C)(=O)=O)cc1)c1cccc(F)c1. The Bertz CT molecular complexity index is 696. The molecule has 0 aliphatic rings. The van der Waals surface area contributed by atoms with Crippen molar-refractivity contribution < 1.29 is 12.8 Å². The lowest BCUT2D eigenvalue weighted by Crippen LogP contribution is -2.07. The Kier molecular flexibility index (Phi) is 4.09. The van der Waals surface area contributed by atoms with Crippen molar-refractivity contribution >= 4 is 15.5 Å². The first-order valence-electron chi connectivity index (χ1n) is 6.18. The number of rotatable bonds is 4. The van der Waals surface area contributed by atoms with Crippen molar-refractivity contribution in [1.29, 1.82) is 0 Å². The molecule has 0 bridgehead atoms. The van der Waals surface area contributed by atoms with Crippen LogP contribution < -0.4 is 5.32 Å². The van der Waals surface area contributed by atoms with Crippen LogP contribution in [0.4, 0.5) is 10.1 Å². The molecule has 0 heterocycles. The monoisotopic (exact) mass is 293 g/mol. The summed E-state index contributed by atoms with van der Waals surface area (Å²) < 4.78 is 35.9. The fourth-order valence-electron chi connectivity index (χ4n) is 1.91. The van der Waals surface area contributed by atoms with Crippen molar-refractivity contribution in [2.75, 3.05) is 11.6 Å². The quantitative estimate of drug-likeness (QED) is 0.939. The van der Waals surface area contributed by atoms with Crippen LogP contribution in [0.1, 0.15) is 18.5 Å². The molecular weight excluding hydrogens is 277 g/mol. The van der Waals surface area contributed by atoms with Gasteiger partial charge in [0.25, 0.3) is 0 Å². The van der Waals surface area contributed by atoms with E-state index in [0.29, 0.717) is 0 Å². The molecule has 20 heavy (non-hydrogen) atoms. The van der Waals surface area contributed by atoms with Crippen LogP contribution >= 0.6 is 0 Å². The van der Waals surface area contributed by atoms with Crippen molar-refractivity contribution in [2.45, 2.75) is 17.9 Å². The molecule has 0 radical (unpaired) electrons. The minimum absolute atomic E-state index is 0.0743. The minimum atomic E-state index is -3.18. The third-order valence-corrected chi connectivity index (χ3v) is 4.14. The Morgan fingerprint density at radius 3 is 2.30 bits per heavy atom. The van der Waals surface area contributed by atoms with E-state index in [1.54, 1.807) is 30.3 Å². The summed E-state index contributed by atoms with van der Waals surface area (Å²) in [7, 11) is -3.18. The van der Waals surface area contributed by atoms with Gasteiger partial charge in [-0.2, -0.15) is 0 Å². The lowest BCUT2D eigenvalue weighted by atomic mass is 10.1. The van der Waals surface area contributed by atoms with Crippen LogP contribution in [0.15, 0.2) is 53.4 Å². The van der Waals surface area contributed by atoms with Gasteiger partial charge in [-0.25, -0.2) is 12.8 Å². The summed E-state index contributed by atoms with van der Waals surface area (Å²) >= 11 is 0. The summed E-state index contributed by atoms with van der Waals surface area (Å²) in [5.74, 6) is -0.274. The van der Waals surface area contributed by atoms with Gasteiger partial charge in [-0.3, -0.25) is 0 Å². The van der Waals surface area contributed by atoms with Crippen molar-refractivity contribution in [2.24, 2.45) is 0 Å². The number of sulfone groups is 1. The Morgan fingerprint density at radius 1 is 1.10 bits per heavy atom. The van der Waals surface area contributed by atoms with Gasteiger partial charge in [0.15, 0.2) is 9.84 Å². The van der Waals surface area contributed by atoms with E-state index in [1.807, 2.05) is 13.0 Å². The normalized spacial score (nSPS) is 12.9. The standard InChI is InChI=1S/C15H16FNO2S/c1-11(12-4-3-5-13(16)10-12)17-14-6-8-15(9-7-14)20(2,18)19/h3-11,17H,1-2H3. The fourth-order valence-corrected chi connectivity index (χ4v) is 2.54. The van der Waals surface area contributed by atoms with Gasteiger partial charge in [0.05, 0.1) is 4.90 Å². The smallest absolute Gasteiger partial charge is 0.175 e. The van der Waals surface area contributed by atoms with Crippen LogP contribution in [0.25, 0.3) is 0 Å². The minimum Gasteiger partial charge on any atom is -0.379 e. The lowest BCUT2D eigenvalue weighted by Gasteiger charge is -2.16. The topological polar surface area (TPSA) is 46.2 Å². The van der Waals surface area contributed by atoms with Crippen molar-refractivity contribution in [3.8, 4) is 0 Å². The van der Waals surface area contributed by atoms with E-state index in [9.17, 15) is 12.8 Å². The molecule has 0 saturated heterocycles. The molecule has 3 nitrogen and oxygen atoms in total. The molecule has 0 spiro atoms. The maximum atomic E-state index is 13.2. The highest BCUT2D eigenvalue weighted by molar-refractivity contribution is 7.90. The van der Waals surface area contributed by atoms with Crippen molar-refractivity contribution in [1.82, 2.24) is 0 Å². The van der Waals surface area contributed by atoms with Crippen LogP contribution in [0.3, 0.4) is 0 Å². The Morgan fingerprint density at radius 2 is 1.75 bits per heavy atom. The van der Waals surface area contributed by atoms with E-state index in [-0.39, 0.29) is 16.8 Å². The number of anilines is 1. The van der Waals surface area contributed by atoms with E-state index in [1.165, 1.54) is 18.4 Å². The molecule has 2 rings (SSSR count). The highest BCUT2D eigenvalue weighted by Gasteiger charge is 2.08. The van der Waals surface area contributed by atoms with Crippen molar-refractivity contribution in [3.05, 3.63) is 59.9 Å². The molecule has 0 aromatic heterocycles. The Hall–Kier alpha value is -1.88. The van der Waals surface area contributed by atoms with Gasteiger partial charge < -0.3 is 5.32 Å². The second-order valence-corrected chi connectivity index (χ2v) is 6.73. The van der Waals surface area contributed by atoms with Gasteiger partial charge in [0, 0.05) is 18.0 Å².